The van der Waals surface area contributed by atoms with Crippen molar-refractivity contribution in [2.24, 2.45) is 0 Å². The smallest absolute Gasteiger partial charge is 0.210 e. The van der Waals surface area contributed by atoms with Crippen LogP contribution < -0.4 is 0 Å². The van der Waals surface area contributed by atoms with Crippen LogP contribution in [0, 0.1) is 0 Å². The quantitative estimate of drug-likeness (QED) is 0.479. The first kappa shape index (κ1) is 11.4. The average molecular weight is 207 g/mol. The number of allylic oxidation sites excluding steroid dienone is 3. The van der Waals surface area contributed by atoms with Gasteiger partial charge in [-0.3, -0.25) is 0 Å². The molecule has 0 saturated carbocycles. The number of rotatable bonds is 2. The molecular formula is C6H4ClF5. The molecule has 1 unspecified atom stereocenters. The standard InChI is InChI=1S/C6H4ClF5/c1-3(8)5(7)4(9)2-6(10,11)12/h2,5H,1H2. The number of halogens is 6. The summed E-state index contributed by atoms with van der Waals surface area (Å²) in [7, 11) is 0. The number of hydrogen-bond acceptors (Lipinski definition) is 0. The van der Waals surface area contributed by atoms with Crippen molar-refractivity contribution in [3.05, 3.63) is 24.3 Å². The first-order valence-corrected chi connectivity index (χ1v) is 3.11. The summed E-state index contributed by atoms with van der Waals surface area (Å²) >= 11 is 4.85. The summed E-state index contributed by atoms with van der Waals surface area (Å²) in [5, 5.41) is -2.06. The highest BCUT2D eigenvalue weighted by Gasteiger charge is 2.28. The predicted octanol–water partition coefficient (Wildman–Crippen LogP) is 3.49. The van der Waals surface area contributed by atoms with E-state index in [4.69, 9.17) is 11.6 Å². The van der Waals surface area contributed by atoms with Crippen molar-refractivity contribution in [3.63, 3.8) is 0 Å². The van der Waals surface area contributed by atoms with E-state index in [0.717, 1.165) is 0 Å². The SMILES string of the molecule is C=C(F)C(Cl)C(F)=CC(F)(F)F. The molecular weight excluding hydrogens is 203 g/mol. The fourth-order valence-electron chi connectivity index (χ4n) is 0.379. The highest BCUT2D eigenvalue weighted by Crippen LogP contribution is 2.25. The van der Waals surface area contributed by atoms with Crippen LogP contribution in [0.1, 0.15) is 0 Å². The lowest BCUT2D eigenvalue weighted by Crippen LogP contribution is -2.07. The molecule has 0 rings (SSSR count). The molecule has 0 amide bonds. The maximum Gasteiger partial charge on any atom is 0.412 e. The first-order chi connectivity index (χ1) is 5.24. The third-order valence-electron chi connectivity index (χ3n) is 0.819. The molecule has 1 atom stereocenters. The molecule has 0 aliphatic rings. The average Bonchev–Trinajstić information content (AvgIpc) is 1.82. The van der Waals surface area contributed by atoms with Gasteiger partial charge in [0.1, 0.15) is 17.0 Å². The Kier molecular flexibility index (Phi) is 3.70. The Bertz CT molecular complexity index is 204. The third kappa shape index (κ3) is 4.33. The fourth-order valence-corrected chi connectivity index (χ4v) is 0.442. The Morgan fingerprint density at radius 2 is 1.75 bits per heavy atom. The van der Waals surface area contributed by atoms with E-state index in [-0.39, 0.29) is 0 Å². The van der Waals surface area contributed by atoms with E-state index >= 15 is 0 Å². The third-order valence-corrected chi connectivity index (χ3v) is 1.26. The van der Waals surface area contributed by atoms with Crippen LogP contribution in [0.3, 0.4) is 0 Å². The summed E-state index contributed by atoms with van der Waals surface area (Å²) in [6.45, 7) is 2.56. The van der Waals surface area contributed by atoms with Crippen LogP contribution in [0.4, 0.5) is 22.0 Å². The largest absolute Gasteiger partial charge is 0.412 e. The van der Waals surface area contributed by atoms with Gasteiger partial charge >= 0.3 is 6.18 Å². The molecule has 0 fully saturated rings. The molecule has 0 saturated heterocycles. The molecule has 0 aromatic heterocycles. The second kappa shape index (κ2) is 3.89. The van der Waals surface area contributed by atoms with Crippen molar-refractivity contribution in [2.75, 3.05) is 0 Å². The van der Waals surface area contributed by atoms with Crippen molar-refractivity contribution in [2.45, 2.75) is 11.6 Å². The minimum absolute atomic E-state index is 0.713. The molecule has 6 heteroatoms. The monoisotopic (exact) mass is 206 g/mol. The van der Waals surface area contributed by atoms with Crippen LogP contribution in [0.15, 0.2) is 24.3 Å². The summed E-state index contributed by atoms with van der Waals surface area (Å²) < 4.78 is 58.4. The van der Waals surface area contributed by atoms with Gasteiger partial charge in [0.25, 0.3) is 0 Å². The van der Waals surface area contributed by atoms with E-state index in [1.807, 2.05) is 0 Å². The van der Waals surface area contributed by atoms with Crippen molar-refractivity contribution in [1.29, 1.82) is 0 Å². The Labute approximate surface area is 70.3 Å². The Morgan fingerprint density at radius 3 is 2.00 bits per heavy atom. The first-order valence-electron chi connectivity index (χ1n) is 2.67. The lowest BCUT2D eigenvalue weighted by Gasteiger charge is -2.04. The van der Waals surface area contributed by atoms with Crippen molar-refractivity contribution in [1.82, 2.24) is 0 Å². The van der Waals surface area contributed by atoms with Gasteiger partial charge in [-0.15, -0.1) is 11.6 Å². The Morgan fingerprint density at radius 1 is 1.33 bits per heavy atom. The summed E-state index contributed by atoms with van der Waals surface area (Å²) in [5.41, 5.74) is 0. The van der Waals surface area contributed by atoms with Gasteiger partial charge in [0.05, 0.1) is 6.08 Å². The van der Waals surface area contributed by atoms with Gasteiger partial charge in [-0.1, -0.05) is 6.58 Å². The van der Waals surface area contributed by atoms with E-state index in [1.54, 1.807) is 0 Å². The van der Waals surface area contributed by atoms with Gasteiger partial charge in [-0.2, -0.15) is 13.2 Å². The van der Waals surface area contributed by atoms with Crippen LogP contribution in [0.25, 0.3) is 0 Å². The van der Waals surface area contributed by atoms with Crippen molar-refractivity contribution in [3.8, 4) is 0 Å². The second-order valence-electron chi connectivity index (χ2n) is 1.88. The minimum atomic E-state index is -4.84. The molecule has 0 heterocycles. The van der Waals surface area contributed by atoms with Gasteiger partial charge in [0, 0.05) is 0 Å². The molecule has 0 nitrogen and oxygen atoms in total. The highest BCUT2D eigenvalue weighted by molar-refractivity contribution is 6.23. The van der Waals surface area contributed by atoms with E-state index < -0.39 is 29.3 Å². The minimum Gasteiger partial charge on any atom is -0.210 e. The van der Waals surface area contributed by atoms with Gasteiger partial charge in [-0.05, 0) is 0 Å². The van der Waals surface area contributed by atoms with E-state index in [1.165, 1.54) is 0 Å². The lowest BCUT2D eigenvalue weighted by atomic mass is 10.3. The topological polar surface area (TPSA) is 0 Å². The van der Waals surface area contributed by atoms with E-state index in [9.17, 15) is 22.0 Å². The summed E-state index contributed by atoms with van der Waals surface area (Å²) in [6, 6.07) is 0. The van der Waals surface area contributed by atoms with Crippen LogP contribution in [0.5, 0.6) is 0 Å². The van der Waals surface area contributed by atoms with Gasteiger partial charge < -0.3 is 0 Å². The van der Waals surface area contributed by atoms with Crippen LogP contribution in [-0.4, -0.2) is 11.6 Å². The summed E-state index contributed by atoms with van der Waals surface area (Å²) in [4.78, 5) is 0. The van der Waals surface area contributed by atoms with Crippen molar-refractivity contribution >= 4 is 11.6 Å². The Balaban J connectivity index is 4.48. The van der Waals surface area contributed by atoms with Crippen molar-refractivity contribution < 1.29 is 22.0 Å². The summed E-state index contributed by atoms with van der Waals surface area (Å²) in [5.74, 6) is -3.17. The predicted molar refractivity (Wildman–Crippen MR) is 35.1 cm³/mol. The van der Waals surface area contributed by atoms with Crippen LogP contribution in [-0.2, 0) is 0 Å². The van der Waals surface area contributed by atoms with Gasteiger partial charge in [0.2, 0.25) is 0 Å². The fraction of sp³-hybridized carbons (Fsp3) is 0.333. The molecule has 0 N–H and O–H groups in total. The summed E-state index contributed by atoms with van der Waals surface area (Å²) in [6.07, 6.45) is -5.55. The lowest BCUT2D eigenvalue weighted by molar-refractivity contribution is -0.0814. The van der Waals surface area contributed by atoms with E-state index in [2.05, 4.69) is 6.58 Å². The molecule has 0 aliphatic carbocycles. The maximum absolute atomic E-state index is 12.3. The normalized spacial score (nSPS) is 16.0. The molecule has 0 aromatic rings. The highest BCUT2D eigenvalue weighted by atomic mass is 35.5. The Hall–Kier alpha value is -0.580. The number of hydrogen-bond donors (Lipinski definition) is 0. The molecule has 12 heavy (non-hydrogen) atoms. The molecule has 0 aliphatic heterocycles. The zero-order valence-corrected chi connectivity index (χ0v) is 6.39. The zero-order valence-electron chi connectivity index (χ0n) is 5.63. The molecule has 0 spiro atoms. The van der Waals surface area contributed by atoms with Gasteiger partial charge in [-0.25, -0.2) is 8.78 Å². The molecule has 0 aromatic carbocycles. The van der Waals surface area contributed by atoms with Crippen LogP contribution >= 0.6 is 11.6 Å². The maximum atomic E-state index is 12.3. The second-order valence-corrected chi connectivity index (χ2v) is 2.32. The molecule has 70 valence electrons. The molecule has 0 radical (unpaired) electrons. The van der Waals surface area contributed by atoms with E-state index in [0.29, 0.717) is 0 Å². The number of alkyl halides is 4. The van der Waals surface area contributed by atoms with Crippen LogP contribution in [0.2, 0.25) is 0 Å². The molecule has 0 bridgehead atoms. The zero-order chi connectivity index (χ0) is 9.94. The van der Waals surface area contributed by atoms with Gasteiger partial charge in [0.15, 0.2) is 0 Å².